The zero-order chi connectivity index (χ0) is 28.7. The molecule has 1 aliphatic rings. The first kappa shape index (κ1) is 27.1. The third-order valence-corrected chi connectivity index (χ3v) is 6.87. The number of carbonyl (C=O) groups excluding carboxylic acids is 2. The summed E-state index contributed by atoms with van der Waals surface area (Å²) < 4.78 is 17.0. The summed E-state index contributed by atoms with van der Waals surface area (Å²) in [4.78, 5) is 30.9. The highest BCUT2D eigenvalue weighted by atomic mass is 35.5. The molecular formula is C31H29ClN2O6. The van der Waals surface area contributed by atoms with E-state index in [9.17, 15) is 14.7 Å². The summed E-state index contributed by atoms with van der Waals surface area (Å²) in [5.74, 6) is -1.00. The van der Waals surface area contributed by atoms with Gasteiger partial charge < -0.3 is 23.9 Å². The highest BCUT2D eigenvalue weighted by Gasteiger charge is 2.45. The Bertz CT molecular complexity index is 1620. The Morgan fingerprint density at radius 2 is 1.73 bits per heavy atom. The zero-order valence-corrected chi connectivity index (χ0v) is 23.5. The standard InChI is InChI=1S/C31H29ClN2O6/c1-17(2)39-23-12-6-18(7-13-23)27-26(28(35)24-15-19-14-20(32)16-25(38-5)30(19)40-24)29(36)31(37)34(27)22-10-8-21(9-11-22)33(3)4/h6-17,27,36H,1-5H3. The summed E-state index contributed by atoms with van der Waals surface area (Å²) >= 11 is 6.21. The number of aliphatic hydroxyl groups excluding tert-OH is 1. The number of hydrogen-bond donors (Lipinski definition) is 1. The van der Waals surface area contributed by atoms with Crippen LogP contribution in [0.2, 0.25) is 5.02 Å². The maximum atomic E-state index is 14.0. The number of halogens is 1. The first-order valence-corrected chi connectivity index (χ1v) is 13.1. The molecule has 4 aromatic rings. The molecule has 2 heterocycles. The lowest BCUT2D eigenvalue weighted by Crippen LogP contribution is -2.31. The number of carbonyl (C=O) groups is 2. The fraction of sp³-hybridized carbons (Fsp3) is 0.226. The van der Waals surface area contributed by atoms with Gasteiger partial charge in [0.25, 0.3) is 5.91 Å². The van der Waals surface area contributed by atoms with Crippen molar-refractivity contribution in [3.63, 3.8) is 0 Å². The Balaban J connectivity index is 1.62. The number of ether oxygens (including phenoxy) is 2. The van der Waals surface area contributed by atoms with Gasteiger partial charge in [-0.2, -0.15) is 0 Å². The van der Waals surface area contributed by atoms with E-state index in [0.717, 1.165) is 5.69 Å². The molecule has 8 nitrogen and oxygen atoms in total. The van der Waals surface area contributed by atoms with Crippen LogP contribution >= 0.6 is 11.6 Å². The molecule has 1 aromatic heterocycles. The van der Waals surface area contributed by atoms with Gasteiger partial charge in [0, 0.05) is 41.9 Å². The number of anilines is 2. The first-order chi connectivity index (χ1) is 19.1. The van der Waals surface area contributed by atoms with E-state index >= 15 is 0 Å². The van der Waals surface area contributed by atoms with Crippen molar-refractivity contribution in [3.8, 4) is 11.5 Å². The molecule has 9 heteroatoms. The van der Waals surface area contributed by atoms with Crippen molar-refractivity contribution in [2.24, 2.45) is 0 Å². The molecule has 1 unspecified atom stereocenters. The topological polar surface area (TPSA) is 92.5 Å². The normalized spacial score (nSPS) is 15.3. The molecular weight excluding hydrogens is 532 g/mol. The number of ketones is 1. The second-order valence-electron chi connectivity index (χ2n) is 9.95. The van der Waals surface area contributed by atoms with Gasteiger partial charge in [0.2, 0.25) is 5.78 Å². The number of nitrogens with zero attached hydrogens (tertiary/aromatic N) is 2. The Morgan fingerprint density at radius 3 is 2.33 bits per heavy atom. The van der Waals surface area contributed by atoms with Crippen LogP contribution in [0.5, 0.6) is 11.5 Å². The van der Waals surface area contributed by atoms with Gasteiger partial charge in [-0.15, -0.1) is 0 Å². The van der Waals surface area contributed by atoms with Gasteiger partial charge in [-0.1, -0.05) is 23.7 Å². The van der Waals surface area contributed by atoms with Gasteiger partial charge in [0.1, 0.15) is 5.75 Å². The van der Waals surface area contributed by atoms with Crippen molar-refractivity contribution in [3.05, 3.63) is 94.4 Å². The predicted octanol–water partition coefficient (Wildman–Crippen LogP) is 6.73. The van der Waals surface area contributed by atoms with E-state index in [0.29, 0.717) is 38.7 Å². The van der Waals surface area contributed by atoms with Crippen molar-refractivity contribution in [1.82, 2.24) is 0 Å². The lowest BCUT2D eigenvalue weighted by atomic mass is 9.94. The second-order valence-corrected chi connectivity index (χ2v) is 10.4. The van der Waals surface area contributed by atoms with Crippen LogP contribution in [-0.2, 0) is 4.79 Å². The number of amides is 1. The van der Waals surface area contributed by atoms with Crippen molar-refractivity contribution in [2.45, 2.75) is 26.0 Å². The van der Waals surface area contributed by atoms with E-state index in [1.165, 1.54) is 18.1 Å². The fourth-order valence-corrected chi connectivity index (χ4v) is 5.03. The van der Waals surface area contributed by atoms with Crippen LogP contribution in [-0.4, -0.2) is 44.1 Å². The number of hydrogen-bond acceptors (Lipinski definition) is 7. The number of aliphatic hydroxyl groups is 1. The van der Waals surface area contributed by atoms with Crippen LogP contribution in [0.1, 0.15) is 36.0 Å². The number of rotatable bonds is 8. The van der Waals surface area contributed by atoms with E-state index in [1.54, 1.807) is 48.5 Å². The number of methoxy groups -OCH3 is 1. The largest absolute Gasteiger partial charge is 0.503 e. The molecule has 5 rings (SSSR count). The number of furan rings is 1. The first-order valence-electron chi connectivity index (χ1n) is 12.7. The van der Waals surface area contributed by atoms with Gasteiger partial charge in [-0.3, -0.25) is 14.5 Å². The Kier molecular flexibility index (Phi) is 7.21. The Labute approximate surface area is 237 Å². The summed E-state index contributed by atoms with van der Waals surface area (Å²) in [5, 5.41) is 12.1. The van der Waals surface area contributed by atoms with Crippen molar-refractivity contribution in [1.29, 1.82) is 0 Å². The minimum absolute atomic E-state index is 0.0229. The molecule has 1 amide bonds. The molecule has 0 fully saturated rings. The van der Waals surface area contributed by atoms with Crippen molar-refractivity contribution >= 4 is 45.6 Å². The third kappa shape index (κ3) is 4.86. The molecule has 40 heavy (non-hydrogen) atoms. The van der Waals surface area contributed by atoms with E-state index in [-0.39, 0.29) is 17.4 Å². The average molecular weight is 561 g/mol. The lowest BCUT2D eigenvalue weighted by molar-refractivity contribution is -0.117. The van der Waals surface area contributed by atoms with Gasteiger partial charge in [-0.05, 0) is 67.9 Å². The quantitative estimate of drug-likeness (QED) is 0.239. The van der Waals surface area contributed by atoms with E-state index in [4.69, 9.17) is 25.5 Å². The van der Waals surface area contributed by atoms with Crippen LogP contribution in [0.25, 0.3) is 11.0 Å². The maximum Gasteiger partial charge on any atom is 0.294 e. The lowest BCUT2D eigenvalue weighted by Gasteiger charge is -2.27. The number of fused-ring (bicyclic) bond motifs is 1. The molecule has 1 aliphatic heterocycles. The monoisotopic (exact) mass is 560 g/mol. The molecule has 1 N–H and O–H groups in total. The molecule has 206 valence electrons. The maximum absolute atomic E-state index is 14.0. The average Bonchev–Trinajstić information content (AvgIpc) is 3.46. The second kappa shape index (κ2) is 10.6. The molecule has 0 bridgehead atoms. The van der Waals surface area contributed by atoms with Gasteiger partial charge in [0.05, 0.1) is 24.8 Å². The molecule has 0 saturated heterocycles. The van der Waals surface area contributed by atoms with E-state index in [1.807, 2.05) is 45.0 Å². The zero-order valence-electron chi connectivity index (χ0n) is 22.8. The molecule has 0 radical (unpaired) electrons. The molecule has 3 aromatic carbocycles. The van der Waals surface area contributed by atoms with Gasteiger partial charge in [0.15, 0.2) is 22.9 Å². The summed E-state index contributed by atoms with van der Waals surface area (Å²) in [6, 6.07) is 18.3. The third-order valence-electron chi connectivity index (χ3n) is 6.66. The van der Waals surface area contributed by atoms with Crippen LogP contribution in [0.15, 0.2) is 82.5 Å². The molecule has 0 saturated carbocycles. The Hall–Kier alpha value is -4.43. The van der Waals surface area contributed by atoms with Crippen molar-refractivity contribution < 1.29 is 28.6 Å². The van der Waals surface area contributed by atoms with Gasteiger partial charge >= 0.3 is 0 Å². The predicted molar refractivity (Wildman–Crippen MR) is 155 cm³/mol. The SMILES string of the molecule is COc1cc(Cl)cc2cc(C(=O)C3=C(O)C(=O)N(c4ccc(N(C)C)cc4)C3c3ccc(OC(C)C)cc3)oc12. The minimum Gasteiger partial charge on any atom is -0.503 e. The summed E-state index contributed by atoms with van der Waals surface area (Å²) in [6.45, 7) is 3.85. The van der Waals surface area contributed by atoms with Crippen LogP contribution in [0.3, 0.4) is 0 Å². The minimum atomic E-state index is -0.919. The van der Waals surface area contributed by atoms with E-state index in [2.05, 4.69) is 0 Å². The Morgan fingerprint density at radius 1 is 1.05 bits per heavy atom. The van der Waals surface area contributed by atoms with Crippen molar-refractivity contribution in [2.75, 3.05) is 31.0 Å². The number of Topliss-reactive ketones (excluding diaryl/α,β-unsaturated/α-hetero) is 1. The highest BCUT2D eigenvalue weighted by Crippen LogP contribution is 2.43. The van der Waals surface area contributed by atoms with Gasteiger partial charge in [-0.25, -0.2) is 0 Å². The number of benzene rings is 3. The van der Waals surface area contributed by atoms with E-state index < -0.39 is 23.5 Å². The molecule has 0 aliphatic carbocycles. The highest BCUT2D eigenvalue weighted by molar-refractivity contribution is 6.31. The van der Waals surface area contributed by atoms with Crippen LogP contribution < -0.4 is 19.3 Å². The van der Waals surface area contributed by atoms with Crippen LogP contribution in [0, 0.1) is 0 Å². The summed E-state index contributed by atoms with van der Waals surface area (Å²) in [7, 11) is 5.31. The molecule has 0 spiro atoms. The summed E-state index contributed by atoms with van der Waals surface area (Å²) in [6.07, 6.45) is -0.0229. The molecule has 1 atom stereocenters. The smallest absolute Gasteiger partial charge is 0.294 e. The van der Waals surface area contributed by atoms with Crippen LogP contribution in [0.4, 0.5) is 11.4 Å². The fourth-order valence-electron chi connectivity index (χ4n) is 4.81. The summed E-state index contributed by atoms with van der Waals surface area (Å²) in [5.41, 5.74) is 2.32.